The Balaban J connectivity index is 1.50. The van der Waals surface area contributed by atoms with E-state index in [2.05, 4.69) is 20.9 Å². The molecule has 1 heterocycles. The lowest BCUT2D eigenvalue weighted by atomic mass is 9.81. The average molecular weight is 639 g/mol. The van der Waals surface area contributed by atoms with Crippen molar-refractivity contribution in [1.29, 1.82) is 0 Å². The minimum atomic E-state index is -1.42. The number of rotatable bonds is 15. The molecule has 0 saturated carbocycles. The summed E-state index contributed by atoms with van der Waals surface area (Å²) in [7, 11) is 0. The summed E-state index contributed by atoms with van der Waals surface area (Å²) in [6.45, 7) is 1.06. The molecule has 0 aliphatic carbocycles. The highest BCUT2D eigenvalue weighted by atomic mass is 35.5. The predicted octanol–water partition coefficient (Wildman–Crippen LogP) is 6.27. The molecular weight excluding hydrogens is 604 g/mol. The first-order chi connectivity index (χ1) is 22.5. The molecule has 0 unspecified atom stereocenters. The third kappa shape index (κ3) is 8.04. The summed E-state index contributed by atoms with van der Waals surface area (Å²) < 4.78 is 12.3. The van der Waals surface area contributed by atoms with Gasteiger partial charge in [0, 0.05) is 41.5 Å². The number of nitrogens with one attached hydrogen (secondary N) is 2. The fraction of sp³-hybridized carbons (Fsp3) is 0.257. The van der Waals surface area contributed by atoms with Crippen molar-refractivity contribution in [1.82, 2.24) is 10.9 Å². The molecule has 0 spiro atoms. The van der Waals surface area contributed by atoms with Gasteiger partial charge in [-0.1, -0.05) is 83.4 Å². The fourth-order valence-electron chi connectivity index (χ4n) is 5.30. The van der Waals surface area contributed by atoms with E-state index in [0.29, 0.717) is 48.2 Å². The largest absolute Gasteiger partial charge is 0.494 e. The van der Waals surface area contributed by atoms with E-state index in [1.165, 1.54) is 0 Å². The number of aliphatic imine (C=N–C) groups is 1. The number of carbonyl (C=O) groups is 1. The van der Waals surface area contributed by atoms with E-state index in [9.17, 15) is 4.79 Å². The van der Waals surface area contributed by atoms with Crippen LogP contribution in [0.15, 0.2) is 113 Å². The predicted molar refractivity (Wildman–Crippen MR) is 177 cm³/mol. The van der Waals surface area contributed by atoms with Crippen LogP contribution < -0.4 is 15.6 Å². The molecule has 11 heteroatoms. The van der Waals surface area contributed by atoms with E-state index in [1.807, 2.05) is 103 Å². The number of aliphatic hydroxyl groups excluding tert-OH is 1. The van der Waals surface area contributed by atoms with Crippen LogP contribution in [-0.2, 0) is 28.9 Å². The second-order valence-corrected chi connectivity index (χ2v) is 11.2. The van der Waals surface area contributed by atoms with Crippen molar-refractivity contribution in [3.8, 4) is 5.75 Å². The lowest BCUT2D eigenvalue weighted by Crippen LogP contribution is -2.54. The zero-order valence-electron chi connectivity index (χ0n) is 25.2. The second-order valence-electron chi connectivity index (χ2n) is 10.8. The number of benzene rings is 4. The average Bonchev–Trinajstić information content (AvgIpc) is 3.48. The van der Waals surface area contributed by atoms with Crippen LogP contribution in [0.5, 0.6) is 5.75 Å². The maximum Gasteiger partial charge on any atom is 0.266 e. The summed E-state index contributed by atoms with van der Waals surface area (Å²) in [6.07, 6.45) is 0.609. The van der Waals surface area contributed by atoms with Crippen LogP contribution in [0.1, 0.15) is 40.3 Å². The van der Waals surface area contributed by atoms with E-state index >= 15 is 0 Å². The monoisotopic (exact) mass is 638 g/mol. The van der Waals surface area contributed by atoms with Crippen molar-refractivity contribution in [3.05, 3.63) is 146 Å². The van der Waals surface area contributed by atoms with Gasteiger partial charge in [0.2, 0.25) is 5.90 Å². The van der Waals surface area contributed by atoms with Gasteiger partial charge in [-0.3, -0.25) is 10.2 Å². The van der Waals surface area contributed by atoms with Crippen LogP contribution >= 0.6 is 11.6 Å². The summed E-state index contributed by atoms with van der Waals surface area (Å²) in [5, 5.41) is 13.5. The normalized spacial score (nSPS) is 17.0. The maximum atomic E-state index is 14.4. The Morgan fingerprint density at radius 2 is 1.72 bits per heavy atom. The second kappa shape index (κ2) is 15.9. The summed E-state index contributed by atoms with van der Waals surface area (Å²) >= 11 is 6.03. The van der Waals surface area contributed by atoms with Crippen LogP contribution in [-0.4, -0.2) is 42.2 Å². The molecule has 4 aromatic rings. The first kappa shape index (κ1) is 32.5. The van der Waals surface area contributed by atoms with Crippen LogP contribution in [0.3, 0.4) is 0 Å². The Hall–Kier alpha value is -4.86. The summed E-state index contributed by atoms with van der Waals surface area (Å²) in [5.74, 6) is 0.603. The first-order valence-electron chi connectivity index (χ1n) is 15.0. The number of amides is 1. The number of hydrogen-bond acceptors (Lipinski definition) is 7. The lowest BCUT2D eigenvalue weighted by molar-refractivity contribution is -0.130. The van der Waals surface area contributed by atoms with Crippen LogP contribution in [0.2, 0.25) is 5.02 Å². The number of ether oxygens (including phenoxy) is 2. The van der Waals surface area contributed by atoms with Gasteiger partial charge in [-0.2, -0.15) is 0 Å². The molecule has 1 amide bonds. The minimum Gasteiger partial charge on any atom is -0.494 e. The van der Waals surface area contributed by atoms with Gasteiger partial charge in [-0.05, 0) is 70.6 Å². The zero-order valence-corrected chi connectivity index (χ0v) is 25.9. The van der Waals surface area contributed by atoms with Gasteiger partial charge in [-0.25, -0.2) is 10.4 Å². The molecule has 1 aliphatic heterocycles. The molecule has 5 rings (SSSR count). The quantitative estimate of drug-likeness (QED) is 0.0462. The first-order valence-corrected chi connectivity index (χ1v) is 15.4. The van der Waals surface area contributed by atoms with E-state index in [0.717, 1.165) is 22.3 Å². The number of halogens is 1. The molecule has 2 atom stereocenters. The van der Waals surface area contributed by atoms with Gasteiger partial charge >= 0.3 is 0 Å². The Labute approximate surface area is 272 Å². The number of aliphatic hydroxyl groups is 1. The van der Waals surface area contributed by atoms with Crippen LogP contribution in [0, 0.1) is 0 Å². The van der Waals surface area contributed by atoms with Gasteiger partial charge in [0.15, 0.2) is 11.6 Å². The van der Waals surface area contributed by atoms with E-state index < -0.39 is 11.6 Å². The SMILES string of the molecule is [N-]=[N+]=NCc1ccccc1C[C@]1(C(=O)NNCCc2ccc(Cl)cc2)N=C(c2ccc(OCCCO)cc2)O[C@H]1c1ccccc1. The van der Waals surface area contributed by atoms with Crippen molar-refractivity contribution in [2.45, 2.75) is 37.5 Å². The Morgan fingerprint density at radius 3 is 2.43 bits per heavy atom. The minimum absolute atomic E-state index is 0.0513. The highest BCUT2D eigenvalue weighted by Crippen LogP contribution is 2.43. The standard InChI is InChI=1S/C35H35ClN6O4/c36-30-15-11-25(12-16-30)19-20-38-41-34(44)35(23-28-9-4-5-10-29(28)24-39-42-37)32(26-7-2-1-3-8-26)46-33(40-35)27-13-17-31(18-14-27)45-22-6-21-43/h1-5,7-18,32,38,43H,6,19-24H2,(H,41,44)/t32-,35-/m0/s1. The third-order valence-electron chi connectivity index (χ3n) is 7.67. The molecule has 1 aliphatic rings. The number of hydrogen-bond donors (Lipinski definition) is 3. The summed E-state index contributed by atoms with van der Waals surface area (Å²) in [4.78, 5) is 22.4. The van der Waals surface area contributed by atoms with Crippen molar-refractivity contribution in [3.63, 3.8) is 0 Å². The lowest BCUT2D eigenvalue weighted by Gasteiger charge is -2.31. The molecule has 0 bridgehead atoms. The van der Waals surface area contributed by atoms with Crippen molar-refractivity contribution in [2.75, 3.05) is 19.8 Å². The maximum absolute atomic E-state index is 14.4. The Kier molecular flexibility index (Phi) is 11.3. The van der Waals surface area contributed by atoms with Crippen molar-refractivity contribution < 1.29 is 19.4 Å². The molecular formula is C35H35ClN6O4. The fourth-order valence-corrected chi connectivity index (χ4v) is 5.43. The molecule has 0 saturated heterocycles. The summed E-state index contributed by atoms with van der Waals surface area (Å²) in [6, 6.07) is 32.0. The van der Waals surface area contributed by atoms with Crippen molar-refractivity contribution >= 4 is 23.4 Å². The molecule has 0 aromatic heterocycles. The number of carbonyl (C=O) groups excluding carboxylic acids is 1. The Morgan fingerprint density at radius 1 is 1.00 bits per heavy atom. The van der Waals surface area contributed by atoms with Gasteiger partial charge in [0.25, 0.3) is 5.91 Å². The van der Waals surface area contributed by atoms with Gasteiger partial charge in [0.05, 0.1) is 13.2 Å². The smallest absolute Gasteiger partial charge is 0.266 e. The number of hydrazine groups is 1. The molecule has 46 heavy (non-hydrogen) atoms. The molecule has 236 valence electrons. The van der Waals surface area contributed by atoms with Gasteiger partial charge in [-0.15, -0.1) is 0 Å². The van der Waals surface area contributed by atoms with Crippen LogP contribution in [0.25, 0.3) is 10.4 Å². The van der Waals surface area contributed by atoms with E-state index in [-0.39, 0.29) is 25.5 Å². The highest BCUT2D eigenvalue weighted by Gasteiger charge is 2.53. The van der Waals surface area contributed by atoms with Gasteiger partial charge < -0.3 is 14.6 Å². The van der Waals surface area contributed by atoms with Crippen molar-refractivity contribution in [2.24, 2.45) is 10.1 Å². The molecule has 10 nitrogen and oxygen atoms in total. The van der Waals surface area contributed by atoms with E-state index in [4.69, 9.17) is 36.7 Å². The number of nitrogens with zero attached hydrogens (tertiary/aromatic N) is 4. The summed E-state index contributed by atoms with van der Waals surface area (Å²) in [5.41, 5.74) is 17.7. The zero-order chi connectivity index (χ0) is 32.2. The van der Waals surface area contributed by atoms with Gasteiger partial charge in [0.1, 0.15) is 5.75 Å². The van der Waals surface area contributed by atoms with E-state index in [1.54, 1.807) is 0 Å². The number of azide groups is 1. The molecule has 0 radical (unpaired) electrons. The molecule has 3 N–H and O–H groups in total. The highest BCUT2D eigenvalue weighted by molar-refractivity contribution is 6.30. The third-order valence-corrected chi connectivity index (χ3v) is 7.92. The molecule has 0 fully saturated rings. The van der Waals surface area contributed by atoms with Crippen LogP contribution in [0.4, 0.5) is 0 Å². The molecule has 4 aromatic carbocycles. The Bertz CT molecular complexity index is 1680. The topological polar surface area (TPSA) is 141 Å².